The Balaban J connectivity index is 1.98. The van der Waals surface area contributed by atoms with Gasteiger partial charge >= 0.3 is 5.97 Å². The summed E-state index contributed by atoms with van der Waals surface area (Å²) in [4.78, 5) is 31.0. The second-order valence-electron chi connectivity index (χ2n) is 4.62. The van der Waals surface area contributed by atoms with Crippen molar-refractivity contribution in [1.82, 2.24) is 35.1 Å². The average molecular weight is 313 g/mol. The van der Waals surface area contributed by atoms with Gasteiger partial charge in [0, 0.05) is 12.4 Å². The summed E-state index contributed by atoms with van der Waals surface area (Å²) in [5, 5.41) is 23.2. The van der Waals surface area contributed by atoms with Crippen LogP contribution in [-0.2, 0) is 4.79 Å². The highest BCUT2D eigenvalue weighted by Gasteiger charge is 2.18. The monoisotopic (exact) mass is 313 g/mol. The Morgan fingerprint density at radius 1 is 1.22 bits per heavy atom. The molecule has 0 fully saturated rings. The smallest absolute Gasteiger partial charge is 0.325 e. The molecule has 0 radical (unpaired) electrons. The van der Waals surface area contributed by atoms with Gasteiger partial charge in [-0.25, -0.2) is 9.97 Å². The maximum atomic E-state index is 12.1. The van der Waals surface area contributed by atoms with Crippen molar-refractivity contribution in [2.45, 2.75) is 13.0 Å². The Kier molecular flexibility index (Phi) is 3.63. The Bertz CT molecular complexity index is 878. The molecule has 0 saturated carbocycles. The fraction of sp³-hybridized carbons (Fsp3) is 0.154. The molecule has 10 heteroatoms. The topological polar surface area (TPSA) is 135 Å². The van der Waals surface area contributed by atoms with E-state index in [1.54, 1.807) is 24.5 Å². The van der Waals surface area contributed by atoms with E-state index < -0.39 is 17.9 Å². The third-order valence-electron chi connectivity index (χ3n) is 2.98. The number of amides is 1. The molecule has 116 valence electrons. The molecule has 23 heavy (non-hydrogen) atoms. The first-order valence-corrected chi connectivity index (χ1v) is 6.60. The zero-order chi connectivity index (χ0) is 16.4. The van der Waals surface area contributed by atoms with Crippen molar-refractivity contribution in [2.75, 3.05) is 0 Å². The molecule has 0 spiro atoms. The second-order valence-corrected chi connectivity index (χ2v) is 4.62. The summed E-state index contributed by atoms with van der Waals surface area (Å²) in [6.07, 6.45) is 3.10. The van der Waals surface area contributed by atoms with Gasteiger partial charge in [0.2, 0.25) is 5.82 Å². The molecular weight excluding hydrogens is 302 g/mol. The number of nitrogens with zero attached hydrogens (tertiary/aromatic N) is 6. The molecule has 0 saturated heterocycles. The fourth-order valence-corrected chi connectivity index (χ4v) is 1.80. The van der Waals surface area contributed by atoms with E-state index in [9.17, 15) is 9.59 Å². The van der Waals surface area contributed by atoms with Gasteiger partial charge in [-0.3, -0.25) is 9.59 Å². The first-order valence-electron chi connectivity index (χ1n) is 6.60. The van der Waals surface area contributed by atoms with Gasteiger partial charge in [-0.05, 0) is 25.1 Å². The Hall–Kier alpha value is -3.43. The molecular formula is C13H11N7O3. The van der Waals surface area contributed by atoms with Crippen LogP contribution in [0, 0.1) is 0 Å². The minimum absolute atomic E-state index is 0.0302. The van der Waals surface area contributed by atoms with E-state index in [4.69, 9.17) is 5.11 Å². The molecule has 3 heterocycles. The predicted octanol–water partition coefficient (Wildman–Crippen LogP) is -0.216. The number of carboxylic acids is 1. The maximum absolute atomic E-state index is 12.1. The fourth-order valence-electron chi connectivity index (χ4n) is 1.80. The number of carbonyl (C=O) groups is 2. The van der Waals surface area contributed by atoms with E-state index in [0.717, 1.165) is 0 Å². The Morgan fingerprint density at radius 2 is 1.96 bits per heavy atom. The lowest BCUT2D eigenvalue weighted by molar-refractivity contribution is -0.138. The van der Waals surface area contributed by atoms with E-state index >= 15 is 0 Å². The highest BCUT2D eigenvalue weighted by molar-refractivity contribution is 5.94. The molecule has 1 unspecified atom stereocenters. The van der Waals surface area contributed by atoms with E-state index in [1.807, 2.05) is 0 Å². The first kappa shape index (κ1) is 14.5. The van der Waals surface area contributed by atoms with Gasteiger partial charge in [0.15, 0.2) is 11.5 Å². The van der Waals surface area contributed by atoms with Crippen molar-refractivity contribution in [3.63, 3.8) is 0 Å². The summed E-state index contributed by atoms with van der Waals surface area (Å²) in [6.45, 7) is 1.36. The number of nitrogens with one attached hydrogen (secondary N) is 1. The lowest BCUT2D eigenvalue weighted by Gasteiger charge is -2.08. The van der Waals surface area contributed by atoms with Crippen LogP contribution in [0.5, 0.6) is 0 Å². The molecule has 3 aromatic heterocycles. The van der Waals surface area contributed by atoms with Crippen molar-refractivity contribution < 1.29 is 14.7 Å². The minimum Gasteiger partial charge on any atom is -0.480 e. The molecule has 10 nitrogen and oxygen atoms in total. The van der Waals surface area contributed by atoms with Crippen LogP contribution in [0.1, 0.15) is 17.4 Å². The van der Waals surface area contributed by atoms with Gasteiger partial charge in [-0.15, -0.1) is 10.2 Å². The zero-order valence-corrected chi connectivity index (χ0v) is 11.9. The van der Waals surface area contributed by atoms with E-state index in [2.05, 4.69) is 30.6 Å². The van der Waals surface area contributed by atoms with Crippen molar-refractivity contribution >= 4 is 17.5 Å². The summed E-state index contributed by atoms with van der Waals surface area (Å²) in [5.41, 5.74) is 0.442. The number of aliphatic carboxylic acids is 1. The van der Waals surface area contributed by atoms with Crippen LogP contribution >= 0.6 is 0 Å². The summed E-state index contributed by atoms with van der Waals surface area (Å²) >= 11 is 0. The highest BCUT2D eigenvalue weighted by atomic mass is 16.4. The van der Waals surface area contributed by atoms with E-state index in [-0.39, 0.29) is 11.5 Å². The molecule has 0 aliphatic rings. The third-order valence-corrected chi connectivity index (χ3v) is 2.98. The lowest BCUT2D eigenvalue weighted by Crippen LogP contribution is -2.38. The number of aromatic nitrogens is 6. The minimum atomic E-state index is -1.14. The van der Waals surface area contributed by atoms with Crippen LogP contribution in [-0.4, -0.2) is 52.8 Å². The summed E-state index contributed by atoms with van der Waals surface area (Å²) < 4.78 is 1.33. The van der Waals surface area contributed by atoms with E-state index in [1.165, 1.54) is 17.5 Å². The van der Waals surface area contributed by atoms with Crippen LogP contribution in [0.2, 0.25) is 0 Å². The quantitative estimate of drug-likeness (QED) is 0.675. The van der Waals surface area contributed by atoms with E-state index in [0.29, 0.717) is 11.5 Å². The zero-order valence-electron chi connectivity index (χ0n) is 11.9. The van der Waals surface area contributed by atoms with Crippen LogP contribution in [0.4, 0.5) is 0 Å². The number of hydrogen-bond donors (Lipinski definition) is 2. The molecule has 0 aromatic carbocycles. The molecule has 3 aromatic rings. The summed E-state index contributed by atoms with van der Waals surface area (Å²) in [5.74, 6) is -1.16. The molecule has 0 aliphatic carbocycles. The standard InChI is InChI=1S/C13H11N7O3/c1-7(13(22)23)16-12(21)8-3-4-9-17-18-11(20(9)19-8)10-14-5-2-6-15-10/h2-7H,1H3,(H,16,21)(H,22,23). The van der Waals surface area contributed by atoms with Crippen LogP contribution in [0.3, 0.4) is 0 Å². The number of carboxylic acid groups (broad SMARTS) is 1. The van der Waals surface area contributed by atoms with Gasteiger partial charge in [0.25, 0.3) is 5.91 Å². The van der Waals surface area contributed by atoms with Gasteiger partial charge < -0.3 is 10.4 Å². The highest BCUT2D eigenvalue weighted by Crippen LogP contribution is 2.12. The van der Waals surface area contributed by atoms with Gasteiger partial charge in [0.05, 0.1) is 0 Å². The maximum Gasteiger partial charge on any atom is 0.325 e. The van der Waals surface area contributed by atoms with Gasteiger partial charge in [-0.1, -0.05) is 0 Å². The SMILES string of the molecule is CC(NC(=O)c1ccc2nnc(-c3ncccn3)n2n1)C(=O)O. The second kappa shape index (κ2) is 5.75. The average Bonchev–Trinajstić information content (AvgIpc) is 2.98. The van der Waals surface area contributed by atoms with Gasteiger partial charge in [0.1, 0.15) is 11.7 Å². The van der Waals surface area contributed by atoms with Crippen molar-refractivity contribution in [2.24, 2.45) is 0 Å². The number of carbonyl (C=O) groups excluding carboxylic acids is 1. The molecule has 1 atom stereocenters. The lowest BCUT2D eigenvalue weighted by atomic mass is 10.3. The summed E-state index contributed by atoms with van der Waals surface area (Å²) in [7, 11) is 0. The molecule has 0 aliphatic heterocycles. The first-order chi connectivity index (χ1) is 11.1. The molecule has 2 N–H and O–H groups in total. The summed E-state index contributed by atoms with van der Waals surface area (Å²) in [6, 6.07) is 3.61. The number of fused-ring (bicyclic) bond motifs is 1. The van der Waals surface area contributed by atoms with Crippen molar-refractivity contribution in [3.8, 4) is 11.6 Å². The van der Waals surface area contributed by atoms with Crippen molar-refractivity contribution in [1.29, 1.82) is 0 Å². The van der Waals surface area contributed by atoms with Crippen molar-refractivity contribution in [3.05, 3.63) is 36.3 Å². The third kappa shape index (κ3) is 2.81. The number of hydrogen-bond acceptors (Lipinski definition) is 7. The van der Waals surface area contributed by atoms with Gasteiger partial charge in [-0.2, -0.15) is 9.61 Å². The Labute approximate surface area is 129 Å². The van der Waals surface area contributed by atoms with Crippen LogP contribution in [0.25, 0.3) is 17.3 Å². The van der Waals surface area contributed by atoms with Crippen LogP contribution < -0.4 is 5.32 Å². The molecule has 0 bridgehead atoms. The Morgan fingerprint density at radius 3 is 2.65 bits per heavy atom. The molecule has 1 amide bonds. The molecule has 3 rings (SSSR count). The van der Waals surface area contributed by atoms with Crippen LogP contribution in [0.15, 0.2) is 30.6 Å². The normalized spacial score (nSPS) is 12.0. The number of rotatable bonds is 4. The largest absolute Gasteiger partial charge is 0.480 e. The predicted molar refractivity (Wildman–Crippen MR) is 76.4 cm³/mol.